The van der Waals surface area contributed by atoms with Gasteiger partial charge in [0.25, 0.3) is 0 Å². The Morgan fingerprint density at radius 1 is 1.05 bits per heavy atom. The Labute approximate surface area is 122 Å². The van der Waals surface area contributed by atoms with Crippen LogP contribution in [0.2, 0.25) is 5.02 Å². The number of benzene rings is 1. The Kier molecular flexibility index (Phi) is 6.15. The first-order valence-corrected chi connectivity index (χ1v) is 7.80. The molecule has 0 saturated carbocycles. The maximum absolute atomic E-state index is 5.61. The van der Waals surface area contributed by atoms with Gasteiger partial charge in [0.05, 0.1) is 0 Å². The molecule has 2 aliphatic rings. The van der Waals surface area contributed by atoms with Gasteiger partial charge in [-0.1, -0.05) is 29.3 Å². The molecule has 1 aromatic carbocycles. The summed E-state index contributed by atoms with van der Waals surface area (Å²) in [6, 6.07) is 8.66. The van der Waals surface area contributed by atoms with Crippen molar-refractivity contribution in [3.63, 3.8) is 0 Å². The van der Waals surface area contributed by atoms with Crippen LogP contribution in [-0.2, 0) is 0 Å². The van der Waals surface area contributed by atoms with Gasteiger partial charge in [0.2, 0.25) is 0 Å². The summed E-state index contributed by atoms with van der Waals surface area (Å²) in [5, 5.41) is 4.21. The lowest BCUT2D eigenvalue weighted by Gasteiger charge is -2.31. The largest absolute Gasteiger partial charge is 0.317 e. The second-order valence-corrected chi connectivity index (χ2v) is 5.96. The zero-order valence-corrected chi connectivity index (χ0v) is 12.6. The van der Waals surface area contributed by atoms with Crippen LogP contribution in [0, 0.1) is 6.92 Å². The number of nitrogens with zero attached hydrogens (tertiary/aromatic N) is 1. The van der Waals surface area contributed by atoms with E-state index in [1.807, 2.05) is 31.2 Å². The molecule has 0 aliphatic carbocycles. The molecule has 0 aromatic heterocycles. The maximum atomic E-state index is 5.61. The first kappa shape index (κ1) is 14.8. The maximum Gasteiger partial charge on any atom is 0.0406 e. The van der Waals surface area contributed by atoms with E-state index in [2.05, 4.69) is 10.2 Å². The molecule has 0 bridgehead atoms. The van der Waals surface area contributed by atoms with E-state index < -0.39 is 0 Å². The first-order valence-electron chi connectivity index (χ1n) is 7.42. The van der Waals surface area contributed by atoms with Crippen molar-refractivity contribution >= 4 is 11.6 Å². The number of likely N-dealkylation sites (tertiary alicyclic amines) is 1. The number of halogens is 1. The van der Waals surface area contributed by atoms with Crippen LogP contribution >= 0.6 is 11.6 Å². The quantitative estimate of drug-likeness (QED) is 0.847. The Hall–Kier alpha value is -0.570. The van der Waals surface area contributed by atoms with Crippen molar-refractivity contribution in [2.45, 2.75) is 38.6 Å². The second kappa shape index (κ2) is 7.88. The van der Waals surface area contributed by atoms with Crippen molar-refractivity contribution in [3.8, 4) is 0 Å². The van der Waals surface area contributed by atoms with E-state index in [0.29, 0.717) is 0 Å². The highest BCUT2D eigenvalue weighted by molar-refractivity contribution is 6.30. The summed E-state index contributed by atoms with van der Waals surface area (Å²) in [5.74, 6) is 0. The second-order valence-electron chi connectivity index (χ2n) is 5.52. The van der Waals surface area contributed by atoms with Crippen molar-refractivity contribution in [1.29, 1.82) is 0 Å². The van der Waals surface area contributed by atoms with Gasteiger partial charge < -0.3 is 10.2 Å². The lowest BCUT2D eigenvalue weighted by Crippen LogP contribution is -2.41. The summed E-state index contributed by atoms with van der Waals surface area (Å²) >= 11 is 5.61. The summed E-state index contributed by atoms with van der Waals surface area (Å²) in [4.78, 5) is 2.68. The zero-order chi connectivity index (χ0) is 13.5. The summed E-state index contributed by atoms with van der Waals surface area (Å²) in [7, 11) is 0. The predicted molar refractivity (Wildman–Crippen MR) is 82.9 cm³/mol. The Bertz CT molecular complexity index is 331. The van der Waals surface area contributed by atoms with Gasteiger partial charge in [-0.15, -0.1) is 0 Å². The molecule has 2 heterocycles. The minimum Gasteiger partial charge on any atom is -0.317 e. The van der Waals surface area contributed by atoms with Crippen LogP contribution in [0.25, 0.3) is 0 Å². The van der Waals surface area contributed by atoms with Crippen LogP contribution in [0.1, 0.15) is 31.2 Å². The van der Waals surface area contributed by atoms with Crippen LogP contribution in [0.3, 0.4) is 0 Å². The average Bonchev–Trinajstić information content (AvgIpc) is 2.98. The topological polar surface area (TPSA) is 15.3 Å². The number of rotatable bonds is 1. The molecule has 0 unspecified atom stereocenters. The highest BCUT2D eigenvalue weighted by Gasteiger charge is 2.22. The molecule has 1 N–H and O–H groups in total. The van der Waals surface area contributed by atoms with Gasteiger partial charge in [-0.25, -0.2) is 0 Å². The fraction of sp³-hybridized carbons (Fsp3) is 0.625. The molecule has 0 spiro atoms. The van der Waals surface area contributed by atoms with Gasteiger partial charge in [0.15, 0.2) is 0 Å². The van der Waals surface area contributed by atoms with Crippen molar-refractivity contribution in [2.24, 2.45) is 0 Å². The van der Waals surface area contributed by atoms with E-state index in [0.717, 1.165) is 11.1 Å². The zero-order valence-electron chi connectivity index (χ0n) is 11.9. The van der Waals surface area contributed by atoms with Crippen LogP contribution in [-0.4, -0.2) is 37.1 Å². The minimum absolute atomic E-state index is 0.801. The molecule has 0 atom stereocenters. The fourth-order valence-electron chi connectivity index (χ4n) is 2.81. The molecule has 1 aromatic rings. The third-order valence-electron chi connectivity index (χ3n) is 3.98. The third kappa shape index (κ3) is 5.13. The summed E-state index contributed by atoms with van der Waals surface area (Å²) in [6.07, 6.45) is 5.62. The van der Waals surface area contributed by atoms with Crippen LogP contribution in [0.4, 0.5) is 0 Å². The molecular weight excluding hydrogens is 256 g/mol. The minimum atomic E-state index is 0.801. The van der Waals surface area contributed by atoms with E-state index >= 15 is 0 Å². The number of aryl methyl sites for hydroxylation is 1. The Balaban J connectivity index is 0.000000148. The molecule has 0 amide bonds. The van der Waals surface area contributed by atoms with E-state index in [9.17, 15) is 0 Å². The molecule has 0 radical (unpaired) electrons. The number of hydrogen-bond donors (Lipinski definition) is 1. The highest BCUT2D eigenvalue weighted by Crippen LogP contribution is 2.17. The number of nitrogens with one attached hydrogen (secondary N) is 1. The smallest absolute Gasteiger partial charge is 0.0406 e. The third-order valence-corrected chi connectivity index (χ3v) is 4.23. The van der Waals surface area contributed by atoms with Gasteiger partial charge >= 0.3 is 0 Å². The number of hydrogen-bond acceptors (Lipinski definition) is 2. The molecular formula is C16H25ClN2. The van der Waals surface area contributed by atoms with Crippen LogP contribution in [0.5, 0.6) is 0 Å². The van der Waals surface area contributed by atoms with Crippen LogP contribution < -0.4 is 5.32 Å². The monoisotopic (exact) mass is 280 g/mol. The highest BCUT2D eigenvalue weighted by atomic mass is 35.5. The van der Waals surface area contributed by atoms with E-state index in [4.69, 9.17) is 11.6 Å². The molecule has 3 heteroatoms. The molecule has 19 heavy (non-hydrogen) atoms. The van der Waals surface area contributed by atoms with Gasteiger partial charge in [0, 0.05) is 11.1 Å². The molecule has 2 fully saturated rings. The van der Waals surface area contributed by atoms with Gasteiger partial charge in [0.1, 0.15) is 0 Å². The Morgan fingerprint density at radius 2 is 1.63 bits per heavy atom. The average molecular weight is 281 g/mol. The van der Waals surface area contributed by atoms with Gasteiger partial charge in [-0.3, -0.25) is 0 Å². The fourth-order valence-corrected chi connectivity index (χ4v) is 2.94. The van der Waals surface area contributed by atoms with Crippen molar-refractivity contribution in [1.82, 2.24) is 10.2 Å². The SMILES string of the molecule is C1CCN(C2CCNCC2)C1.Cc1ccc(Cl)cc1. The van der Waals surface area contributed by atoms with Gasteiger partial charge in [-0.05, 0) is 70.9 Å². The van der Waals surface area contributed by atoms with Crippen molar-refractivity contribution < 1.29 is 0 Å². The summed E-state index contributed by atoms with van der Waals surface area (Å²) in [5.41, 5.74) is 1.24. The van der Waals surface area contributed by atoms with Crippen LogP contribution in [0.15, 0.2) is 24.3 Å². The summed E-state index contributed by atoms with van der Waals surface area (Å²) in [6.45, 7) is 7.24. The van der Waals surface area contributed by atoms with E-state index in [1.54, 1.807) is 0 Å². The first-order chi connectivity index (χ1) is 9.25. The van der Waals surface area contributed by atoms with Crippen molar-refractivity contribution in [2.75, 3.05) is 26.2 Å². The lowest BCUT2D eigenvalue weighted by atomic mass is 10.1. The van der Waals surface area contributed by atoms with Gasteiger partial charge in [-0.2, -0.15) is 0 Å². The standard InChI is InChI=1S/C9H18N2.C7H7Cl/c1-2-8-11(7-1)9-3-5-10-6-4-9;1-6-2-4-7(8)5-3-6/h9-10H,1-8H2;2-5H,1H3. The molecule has 2 nitrogen and oxygen atoms in total. The predicted octanol–water partition coefficient (Wildman–Crippen LogP) is 3.48. The normalized spacial score (nSPS) is 20.9. The summed E-state index contributed by atoms with van der Waals surface area (Å²) < 4.78 is 0. The van der Waals surface area contributed by atoms with E-state index in [1.165, 1.54) is 57.4 Å². The Morgan fingerprint density at radius 3 is 2.16 bits per heavy atom. The van der Waals surface area contributed by atoms with E-state index in [-0.39, 0.29) is 0 Å². The van der Waals surface area contributed by atoms with Crippen molar-refractivity contribution in [3.05, 3.63) is 34.9 Å². The molecule has 2 aliphatic heterocycles. The molecule has 2 saturated heterocycles. The lowest BCUT2D eigenvalue weighted by molar-refractivity contribution is 0.199. The molecule has 3 rings (SSSR count). The number of piperidine rings is 1. The molecule has 106 valence electrons.